The van der Waals surface area contributed by atoms with Crippen LogP contribution in [0.5, 0.6) is 0 Å². The van der Waals surface area contributed by atoms with E-state index in [2.05, 4.69) is 39.4 Å². The predicted octanol–water partition coefficient (Wildman–Crippen LogP) is 2.31. The van der Waals surface area contributed by atoms with Crippen molar-refractivity contribution in [3.05, 3.63) is 70.8 Å². The van der Waals surface area contributed by atoms with Gasteiger partial charge in [-0.25, -0.2) is 4.79 Å². The first kappa shape index (κ1) is 22.3. The van der Waals surface area contributed by atoms with E-state index >= 15 is 0 Å². The Balaban J connectivity index is 1.20. The van der Waals surface area contributed by atoms with Crippen LogP contribution in [0.1, 0.15) is 27.0 Å². The van der Waals surface area contributed by atoms with Crippen molar-refractivity contribution in [3.8, 4) is 0 Å². The molecule has 2 aliphatic heterocycles. The van der Waals surface area contributed by atoms with E-state index in [1.54, 1.807) is 0 Å². The fraction of sp³-hybridized carbons (Fsp3) is 0.440. The molecule has 4 rings (SSSR count). The zero-order valence-corrected chi connectivity index (χ0v) is 18.5. The smallest absolute Gasteiger partial charge is 0.407 e. The maximum Gasteiger partial charge on any atom is 0.407 e. The molecule has 0 atom stereocenters. The molecule has 2 amide bonds. The number of benzene rings is 2. The van der Waals surface area contributed by atoms with Gasteiger partial charge in [0, 0.05) is 64.5 Å². The Labute approximate surface area is 189 Å². The molecule has 0 aliphatic carbocycles. The zero-order chi connectivity index (χ0) is 22.3. The maximum absolute atomic E-state index is 12.6. The molecule has 0 spiro atoms. The number of nitrogens with one attached hydrogen (secondary N) is 1. The van der Waals surface area contributed by atoms with Gasteiger partial charge in [-0.3, -0.25) is 14.6 Å². The second-order valence-electron chi connectivity index (χ2n) is 8.61. The van der Waals surface area contributed by atoms with Crippen LogP contribution < -0.4 is 5.32 Å². The summed E-state index contributed by atoms with van der Waals surface area (Å²) in [6.45, 7) is 7.57. The van der Waals surface area contributed by atoms with E-state index in [4.69, 9.17) is 0 Å². The second-order valence-corrected chi connectivity index (χ2v) is 8.61. The Morgan fingerprint density at radius 1 is 0.844 bits per heavy atom. The third-order valence-corrected chi connectivity index (χ3v) is 6.47. The first-order chi connectivity index (χ1) is 15.6. The lowest BCUT2D eigenvalue weighted by molar-refractivity contribution is 0.0934. The zero-order valence-electron chi connectivity index (χ0n) is 18.5. The van der Waals surface area contributed by atoms with Crippen molar-refractivity contribution >= 4 is 12.0 Å². The number of amides is 2. The van der Waals surface area contributed by atoms with Gasteiger partial charge < -0.3 is 15.3 Å². The first-order valence-electron chi connectivity index (χ1n) is 11.4. The summed E-state index contributed by atoms with van der Waals surface area (Å²) in [7, 11) is 0. The third kappa shape index (κ3) is 5.87. The highest BCUT2D eigenvalue weighted by Crippen LogP contribution is 2.18. The lowest BCUT2D eigenvalue weighted by atomic mass is 10.00. The van der Waals surface area contributed by atoms with Gasteiger partial charge in [-0.1, -0.05) is 36.4 Å². The second kappa shape index (κ2) is 10.6. The monoisotopic (exact) mass is 436 g/mol. The van der Waals surface area contributed by atoms with Gasteiger partial charge in [0.05, 0.1) is 0 Å². The molecular weight excluding hydrogens is 404 g/mol. The predicted molar refractivity (Wildman–Crippen MR) is 124 cm³/mol. The molecule has 7 heteroatoms. The van der Waals surface area contributed by atoms with Crippen molar-refractivity contribution < 1.29 is 14.7 Å². The van der Waals surface area contributed by atoms with Crippen LogP contribution in [0, 0.1) is 0 Å². The van der Waals surface area contributed by atoms with Crippen LogP contribution in [0.25, 0.3) is 0 Å². The maximum atomic E-state index is 12.6. The van der Waals surface area contributed by atoms with Crippen LogP contribution in [0.3, 0.4) is 0 Å². The van der Waals surface area contributed by atoms with Crippen LogP contribution in [-0.4, -0.2) is 84.2 Å². The first-order valence-corrected chi connectivity index (χ1v) is 11.4. The summed E-state index contributed by atoms with van der Waals surface area (Å²) in [6.07, 6.45) is 0.465. The van der Waals surface area contributed by atoms with Gasteiger partial charge in [0.25, 0.3) is 5.91 Å². The number of rotatable bonds is 6. The van der Waals surface area contributed by atoms with Gasteiger partial charge >= 0.3 is 6.09 Å². The highest BCUT2D eigenvalue weighted by Gasteiger charge is 2.19. The molecule has 1 fully saturated rings. The Morgan fingerprint density at radius 3 is 2.25 bits per heavy atom. The van der Waals surface area contributed by atoms with Crippen molar-refractivity contribution in [1.29, 1.82) is 0 Å². The SMILES string of the molecule is O=C(NCCN1CCN(Cc2ccccc2)CC1)c1ccc2c(c1)CCN(C(=O)O)CC2. The van der Waals surface area contributed by atoms with Crippen LogP contribution in [0.15, 0.2) is 48.5 Å². The van der Waals surface area contributed by atoms with Gasteiger partial charge in [0.15, 0.2) is 0 Å². The Morgan fingerprint density at radius 2 is 1.53 bits per heavy atom. The largest absolute Gasteiger partial charge is 0.465 e. The molecule has 0 bridgehead atoms. The lowest BCUT2D eigenvalue weighted by Gasteiger charge is -2.34. The Kier molecular flexibility index (Phi) is 7.39. The van der Waals surface area contributed by atoms with Gasteiger partial charge in [-0.15, -0.1) is 0 Å². The molecule has 2 heterocycles. The summed E-state index contributed by atoms with van der Waals surface area (Å²) in [5, 5.41) is 12.3. The van der Waals surface area contributed by atoms with Crippen molar-refractivity contribution in [2.24, 2.45) is 0 Å². The lowest BCUT2D eigenvalue weighted by Crippen LogP contribution is -2.48. The van der Waals surface area contributed by atoms with Gasteiger partial charge in [0.1, 0.15) is 0 Å². The molecule has 0 saturated carbocycles. The quantitative estimate of drug-likeness (QED) is 0.727. The molecule has 2 N–H and O–H groups in total. The highest BCUT2D eigenvalue weighted by molar-refractivity contribution is 5.94. The van der Waals surface area contributed by atoms with E-state index < -0.39 is 6.09 Å². The minimum atomic E-state index is -0.878. The fourth-order valence-corrected chi connectivity index (χ4v) is 4.50. The summed E-state index contributed by atoms with van der Waals surface area (Å²) in [5.41, 5.74) is 4.22. The Hall–Kier alpha value is -2.90. The summed E-state index contributed by atoms with van der Waals surface area (Å²) in [5.74, 6) is -0.0603. The van der Waals surface area contributed by atoms with Crippen molar-refractivity contribution in [3.63, 3.8) is 0 Å². The molecule has 2 aromatic rings. The highest BCUT2D eigenvalue weighted by atomic mass is 16.4. The molecule has 2 aromatic carbocycles. The van der Waals surface area contributed by atoms with Crippen LogP contribution >= 0.6 is 0 Å². The number of hydrogen-bond acceptors (Lipinski definition) is 4. The van der Waals surface area contributed by atoms with E-state index in [9.17, 15) is 14.7 Å². The number of piperazine rings is 1. The van der Waals surface area contributed by atoms with Crippen molar-refractivity contribution in [2.45, 2.75) is 19.4 Å². The van der Waals surface area contributed by atoms with E-state index in [-0.39, 0.29) is 5.91 Å². The molecular formula is C25H32N4O3. The summed E-state index contributed by atoms with van der Waals surface area (Å²) < 4.78 is 0. The fourth-order valence-electron chi connectivity index (χ4n) is 4.50. The normalized spacial score (nSPS) is 17.4. The number of carbonyl (C=O) groups excluding carboxylic acids is 1. The molecule has 2 aliphatic rings. The number of carbonyl (C=O) groups is 2. The van der Waals surface area contributed by atoms with Crippen molar-refractivity contribution in [2.75, 3.05) is 52.4 Å². The van der Waals surface area contributed by atoms with E-state index in [0.29, 0.717) is 38.0 Å². The topological polar surface area (TPSA) is 76.1 Å². The number of hydrogen-bond donors (Lipinski definition) is 2. The number of nitrogens with zero attached hydrogens (tertiary/aromatic N) is 3. The minimum Gasteiger partial charge on any atom is -0.465 e. The minimum absolute atomic E-state index is 0.0603. The summed E-state index contributed by atoms with van der Waals surface area (Å²) in [6, 6.07) is 16.3. The van der Waals surface area contributed by atoms with Gasteiger partial charge in [-0.05, 0) is 41.7 Å². The molecule has 0 unspecified atom stereocenters. The standard InChI is InChI=1S/C25H32N4O3/c30-24(23-7-6-21-8-11-29(25(31)32)12-9-22(21)18-23)26-10-13-27-14-16-28(17-15-27)19-20-4-2-1-3-5-20/h1-7,18H,8-17,19H2,(H,26,30)(H,31,32). The molecule has 7 nitrogen and oxygen atoms in total. The average Bonchev–Trinajstić information content (AvgIpc) is 3.03. The summed E-state index contributed by atoms with van der Waals surface area (Å²) >= 11 is 0. The van der Waals surface area contributed by atoms with Crippen LogP contribution in [-0.2, 0) is 19.4 Å². The molecule has 0 aromatic heterocycles. The molecule has 1 saturated heterocycles. The average molecular weight is 437 g/mol. The summed E-state index contributed by atoms with van der Waals surface area (Å²) in [4.78, 5) is 30.2. The van der Waals surface area contributed by atoms with Gasteiger partial charge in [0.2, 0.25) is 0 Å². The van der Waals surface area contributed by atoms with E-state index in [1.807, 2.05) is 24.3 Å². The van der Waals surface area contributed by atoms with E-state index in [0.717, 1.165) is 50.4 Å². The third-order valence-electron chi connectivity index (χ3n) is 6.47. The molecule has 32 heavy (non-hydrogen) atoms. The molecule has 0 radical (unpaired) electrons. The molecule has 170 valence electrons. The number of fused-ring (bicyclic) bond motifs is 1. The Bertz CT molecular complexity index is 926. The van der Waals surface area contributed by atoms with Crippen LogP contribution in [0.2, 0.25) is 0 Å². The van der Waals surface area contributed by atoms with E-state index in [1.165, 1.54) is 10.5 Å². The van der Waals surface area contributed by atoms with Crippen molar-refractivity contribution in [1.82, 2.24) is 20.0 Å². The number of carboxylic acid groups (broad SMARTS) is 1. The van der Waals surface area contributed by atoms with Crippen LogP contribution in [0.4, 0.5) is 4.79 Å². The van der Waals surface area contributed by atoms with Gasteiger partial charge in [-0.2, -0.15) is 0 Å².